The fraction of sp³-hybridized carbons (Fsp3) is 0.444. The van der Waals surface area contributed by atoms with Crippen LogP contribution in [0, 0.1) is 0 Å². The van der Waals surface area contributed by atoms with Crippen molar-refractivity contribution in [3.63, 3.8) is 0 Å². The second kappa shape index (κ2) is 2.54. The molecule has 0 spiro atoms. The molecule has 2 heterocycles. The Bertz CT molecular complexity index is 386. The van der Waals surface area contributed by atoms with Crippen LogP contribution < -0.4 is 5.73 Å². The Morgan fingerprint density at radius 2 is 2.31 bits per heavy atom. The topological polar surface area (TPSA) is 50.7 Å². The summed E-state index contributed by atoms with van der Waals surface area (Å²) in [6, 6.07) is 0. The summed E-state index contributed by atoms with van der Waals surface area (Å²) < 4.78 is 0. The third-order valence-corrected chi connectivity index (χ3v) is 5.05. The Morgan fingerprint density at radius 3 is 3.08 bits per heavy atom. The summed E-state index contributed by atoms with van der Waals surface area (Å²) >= 11 is 0. The predicted molar refractivity (Wildman–Crippen MR) is 58.7 cm³/mol. The number of nitrogens with two attached hydrogens (primary N) is 1. The molecule has 1 unspecified atom stereocenters. The Hall–Kier alpha value is -0.900. The normalized spacial score (nSPS) is 31.4. The molecular formula is C9H11N3S. The van der Waals surface area contributed by atoms with Gasteiger partial charge in [0.1, 0.15) is 6.34 Å². The van der Waals surface area contributed by atoms with Crippen LogP contribution in [0.2, 0.25) is 0 Å². The lowest BCUT2D eigenvalue weighted by molar-refractivity contribution is 1.31. The molecule has 4 heteroatoms. The van der Waals surface area contributed by atoms with E-state index in [1.807, 2.05) is 0 Å². The highest BCUT2D eigenvalue weighted by Gasteiger charge is 2.32. The van der Waals surface area contributed by atoms with Gasteiger partial charge in [-0.05, 0) is 18.2 Å². The van der Waals surface area contributed by atoms with E-state index < -0.39 is 0 Å². The van der Waals surface area contributed by atoms with E-state index in [1.54, 1.807) is 6.34 Å². The summed E-state index contributed by atoms with van der Waals surface area (Å²) in [5.41, 5.74) is 7.79. The van der Waals surface area contributed by atoms with Crippen molar-refractivity contribution >= 4 is 27.4 Å². The molecule has 0 amide bonds. The maximum Gasteiger partial charge on any atom is 0.111 e. The molecule has 0 aromatic rings. The van der Waals surface area contributed by atoms with Crippen molar-refractivity contribution in [3.05, 3.63) is 11.1 Å². The third-order valence-electron chi connectivity index (χ3n) is 2.46. The first kappa shape index (κ1) is 7.50. The largest absolute Gasteiger partial charge is 0.397 e. The van der Waals surface area contributed by atoms with Gasteiger partial charge in [0.25, 0.3) is 0 Å². The van der Waals surface area contributed by atoms with Gasteiger partial charge in [-0.25, -0.2) is 4.99 Å². The zero-order valence-electron chi connectivity index (χ0n) is 7.23. The molecule has 1 atom stereocenters. The molecule has 2 aliphatic heterocycles. The standard InChI is InChI=1S/C9H11N3S/c10-7-4-13(6-1-2-6)8-3-11-5-12-9(7)8/h4-6H,1-3,10H2. The van der Waals surface area contributed by atoms with E-state index in [4.69, 9.17) is 5.73 Å². The monoisotopic (exact) mass is 193 g/mol. The summed E-state index contributed by atoms with van der Waals surface area (Å²) in [4.78, 5) is 9.79. The minimum absolute atomic E-state index is 0.271. The Balaban J connectivity index is 2.09. The van der Waals surface area contributed by atoms with E-state index in [0.29, 0.717) is 0 Å². The zero-order valence-corrected chi connectivity index (χ0v) is 8.05. The molecule has 13 heavy (non-hydrogen) atoms. The van der Waals surface area contributed by atoms with E-state index >= 15 is 0 Å². The number of allylic oxidation sites excluding steroid dienone is 1. The molecule has 1 aliphatic carbocycles. The molecule has 0 aromatic heterocycles. The number of nitrogens with zero attached hydrogens (tertiary/aromatic N) is 2. The van der Waals surface area contributed by atoms with Gasteiger partial charge in [-0.2, -0.15) is 0 Å². The van der Waals surface area contributed by atoms with Crippen LogP contribution in [-0.4, -0.2) is 28.7 Å². The molecule has 2 N–H and O–H groups in total. The first-order valence-electron chi connectivity index (χ1n) is 4.48. The zero-order chi connectivity index (χ0) is 8.84. The van der Waals surface area contributed by atoms with E-state index in [2.05, 4.69) is 15.4 Å². The second-order valence-electron chi connectivity index (χ2n) is 3.50. The van der Waals surface area contributed by atoms with Crippen LogP contribution in [0.1, 0.15) is 12.8 Å². The molecule has 3 rings (SSSR count). The van der Waals surface area contributed by atoms with E-state index in [0.717, 1.165) is 23.2 Å². The molecule has 0 saturated heterocycles. The van der Waals surface area contributed by atoms with Gasteiger partial charge in [-0.3, -0.25) is 4.99 Å². The third kappa shape index (κ3) is 1.09. The summed E-state index contributed by atoms with van der Waals surface area (Å²) in [6.07, 6.45) is 4.33. The number of hydrogen-bond donors (Lipinski definition) is 1. The predicted octanol–water partition coefficient (Wildman–Crippen LogP) is 0.887. The number of hydrogen-bond acceptors (Lipinski definition) is 3. The molecular weight excluding hydrogens is 182 g/mol. The Labute approximate surface area is 79.4 Å². The molecule has 68 valence electrons. The number of fused-ring (bicyclic) bond motifs is 1. The number of aliphatic imine (C=N–C) groups is 2. The van der Waals surface area contributed by atoms with Crippen molar-refractivity contribution in [2.45, 2.75) is 18.1 Å². The van der Waals surface area contributed by atoms with Gasteiger partial charge in [-0.15, -0.1) is 10.5 Å². The average Bonchev–Trinajstić information content (AvgIpc) is 2.94. The van der Waals surface area contributed by atoms with Crippen LogP contribution in [-0.2, 0) is 0 Å². The molecule has 1 saturated carbocycles. The Kier molecular flexibility index (Phi) is 1.47. The quantitative estimate of drug-likeness (QED) is 0.618. The van der Waals surface area contributed by atoms with Crippen LogP contribution in [0.4, 0.5) is 0 Å². The van der Waals surface area contributed by atoms with Crippen molar-refractivity contribution in [3.8, 4) is 0 Å². The van der Waals surface area contributed by atoms with Gasteiger partial charge in [-0.1, -0.05) is 0 Å². The number of rotatable bonds is 1. The summed E-state index contributed by atoms with van der Waals surface area (Å²) in [5, 5.41) is 3.05. The molecule has 3 aliphatic rings. The lowest BCUT2D eigenvalue weighted by atomic mass is 10.2. The van der Waals surface area contributed by atoms with Crippen LogP contribution in [0.3, 0.4) is 0 Å². The van der Waals surface area contributed by atoms with Gasteiger partial charge in [0, 0.05) is 10.1 Å². The maximum absolute atomic E-state index is 5.90. The maximum atomic E-state index is 5.90. The first-order chi connectivity index (χ1) is 6.36. The van der Waals surface area contributed by atoms with Crippen molar-refractivity contribution in [1.29, 1.82) is 0 Å². The van der Waals surface area contributed by atoms with Gasteiger partial charge >= 0.3 is 0 Å². The van der Waals surface area contributed by atoms with E-state index in [1.165, 1.54) is 17.7 Å². The van der Waals surface area contributed by atoms with Crippen LogP contribution in [0.5, 0.6) is 0 Å². The average molecular weight is 193 g/mol. The summed E-state index contributed by atoms with van der Waals surface area (Å²) in [5.74, 6) is 0. The Morgan fingerprint density at radius 1 is 1.46 bits per heavy atom. The summed E-state index contributed by atoms with van der Waals surface area (Å²) in [7, 11) is 0.271. The van der Waals surface area contributed by atoms with Gasteiger partial charge < -0.3 is 5.73 Å². The fourth-order valence-corrected chi connectivity index (χ4v) is 4.06. The van der Waals surface area contributed by atoms with Crippen molar-refractivity contribution in [2.75, 3.05) is 6.54 Å². The first-order valence-corrected chi connectivity index (χ1v) is 5.83. The van der Waals surface area contributed by atoms with Crippen LogP contribution >= 0.6 is 10.5 Å². The van der Waals surface area contributed by atoms with E-state index in [-0.39, 0.29) is 10.5 Å². The highest BCUT2D eigenvalue weighted by Crippen LogP contribution is 2.45. The minimum Gasteiger partial charge on any atom is -0.397 e. The smallest absolute Gasteiger partial charge is 0.111 e. The second-order valence-corrected chi connectivity index (χ2v) is 5.64. The molecule has 3 nitrogen and oxygen atoms in total. The van der Waals surface area contributed by atoms with Crippen LogP contribution in [0.15, 0.2) is 21.1 Å². The van der Waals surface area contributed by atoms with Crippen LogP contribution in [0.25, 0.3) is 0 Å². The van der Waals surface area contributed by atoms with Crippen molar-refractivity contribution in [2.24, 2.45) is 15.7 Å². The van der Waals surface area contributed by atoms with Crippen molar-refractivity contribution in [1.82, 2.24) is 0 Å². The molecule has 0 aromatic carbocycles. The molecule has 0 bridgehead atoms. The van der Waals surface area contributed by atoms with Crippen molar-refractivity contribution < 1.29 is 0 Å². The van der Waals surface area contributed by atoms with E-state index in [9.17, 15) is 0 Å². The molecule has 0 radical (unpaired) electrons. The highest BCUT2D eigenvalue weighted by molar-refractivity contribution is 8.20. The SMILES string of the molecule is NC1=CS(C2CC2)=C2CN=CN=C12. The van der Waals surface area contributed by atoms with Gasteiger partial charge in [0.2, 0.25) is 0 Å². The highest BCUT2D eigenvalue weighted by atomic mass is 32.2. The lowest BCUT2D eigenvalue weighted by Crippen LogP contribution is -2.22. The minimum atomic E-state index is 0.271. The lowest BCUT2D eigenvalue weighted by Gasteiger charge is -2.08. The summed E-state index contributed by atoms with van der Waals surface area (Å²) in [6.45, 7) is 0.815. The fourth-order valence-electron chi connectivity index (χ4n) is 1.67. The molecule has 1 fully saturated rings. The van der Waals surface area contributed by atoms with Gasteiger partial charge in [0.05, 0.1) is 18.0 Å². The van der Waals surface area contributed by atoms with Gasteiger partial charge in [0.15, 0.2) is 0 Å².